The highest BCUT2D eigenvalue weighted by molar-refractivity contribution is 5.87. The van der Waals surface area contributed by atoms with Gasteiger partial charge in [0.2, 0.25) is 0 Å². The third-order valence-electron chi connectivity index (χ3n) is 2.73. The summed E-state index contributed by atoms with van der Waals surface area (Å²) in [6.07, 6.45) is 4.29. The molecule has 0 aliphatic rings. The molecule has 0 amide bonds. The first kappa shape index (κ1) is 11.4. The van der Waals surface area contributed by atoms with E-state index in [1.165, 1.54) is 0 Å². The van der Waals surface area contributed by atoms with Gasteiger partial charge in [0.1, 0.15) is 0 Å². The molecule has 0 fully saturated rings. The van der Waals surface area contributed by atoms with Crippen molar-refractivity contribution < 1.29 is 9.90 Å². The van der Waals surface area contributed by atoms with Crippen LogP contribution in [0.2, 0.25) is 0 Å². The van der Waals surface area contributed by atoms with Crippen LogP contribution in [-0.2, 0) is 20.0 Å². The van der Waals surface area contributed by atoms with Gasteiger partial charge >= 0.3 is 5.97 Å². The van der Waals surface area contributed by atoms with Crippen LogP contribution >= 0.6 is 0 Å². The molecule has 0 aliphatic carbocycles. The standard InChI is InChI=1S/C12H15N3O2/c1-3-10-6-11(14(2)13-10)8-15-5-4-9(7-15)12(16)17/h4-7H,3,8H2,1-2H3,(H,16,17). The summed E-state index contributed by atoms with van der Waals surface area (Å²) in [5.41, 5.74) is 2.42. The molecule has 0 saturated carbocycles. The van der Waals surface area contributed by atoms with Crippen LogP contribution < -0.4 is 0 Å². The lowest BCUT2D eigenvalue weighted by molar-refractivity contribution is 0.0697. The maximum Gasteiger partial charge on any atom is 0.337 e. The molecule has 2 heterocycles. The van der Waals surface area contributed by atoms with E-state index in [0.717, 1.165) is 17.8 Å². The Kier molecular flexibility index (Phi) is 2.99. The zero-order valence-corrected chi connectivity index (χ0v) is 9.92. The van der Waals surface area contributed by atoms with Crippen molar-refractivity contribution in [3.8, 4) is 0 Å². The van der Waals surface area contributed by atoms with Gasteiger partial charge in [0.15, 0.2) is 0 Å². The molecule has 0 unspecified atom stereocenters. The number of aromatic carboxylic acids is 1. The minimum Gasteiger partial charge on any atom is -0.478 e. The molecule has 2 aromatic rings. The van der Waals surface area contributed by atoms with Crippen molar-refractivity contribution in [3.05, 3.63) is 41.5 Å². The Bertz CT molecular complexity index is 540. The highest BCUT2D eigenvalue weighted by Gasteiger charge is 2.07. The van der Waals surface area contributed by atoms with Crippen molar-refractivity contribution in [1.82, 2.24) is 14.3 Å². The number of carboxylic acids is 1. The van der Waals surface area contributed by atoms with Crippen LogP contribution in [0.15, 0.2) is 24.5 Å². The second-order valence-corrected chi connectivity index (χ2v) is 3.98. The van der Waals surface area contributed by atoms with E-state index >= 15 is 0 Å². The lowest BCUT2D eigenvalue weighted by atomic mass is 10.3. The van der Waals surface area contributed by atoms with Crippen LogP contribution in [0.5, 0.6) is 0 Å². The average molecular weight is 233 g/mol. The molecule has 0 radical (unpaired) electrons. The molecule has 0 atom stereocenters. The fourth-order valence-electron chi connectivity index (χ4n) is 1.74. The Morgan fingerprint density at radius 1 is 1.53 bits per heavy atom. The van der Waals surface area contributed by atoms with Crippen molar-refractivity contribution in [3.63, 3.8) is 0 Å². The molecule has 2 rings (SSSR count). The van der Waals surface area contributed by atoms with Crippen molar-refractivity contribution >= 4 is 5.97 Å². The number of aryl methyl sites for hydroxylation is 2. The fourth-order valence-corrected chi connectivity index (χ4v) is 1.74. The van der Waals surface area contributed by atoms with Crippen molar-refractivity contribution in [2.45, 2.75) is 19.9 Å². The number of carboxylic acid groups (broad SMARTS) is 1. The van der Waals surface area contributed by atoms with Gasteiger partial charge in [0.25, 0.3) is 0 Å². The number of rotatable bonds is 4. The molecular formula is C12H15N3O2. The highest BCUT2D eigenvalue weighted by Crippen LogP contribution is 2.08. The molecule has 0 aliphatic heterocycles. The van der Waals surface area contributed by atoms with E-state index in [-0.39, 0.29) is 0 Å². The van der Waals surface area contributed by atoms with E-state index in [4.69, 9.17) is 5.11 Å². The van der Waals surface area contributed by atoms with Gasteiger partial charge in [0, 0.05) is 19.4 Å². The normalized spacial score (nSPS) is 10.7. The van der Waals surface area contributed by atoms with Gasteiger partial charge in [-0.3, -0.25) is 4.68 Å². The first-order valence-electron chi connectivity index (χ1n) is 5.51. The minimum absolute atomic E-state index is 0.308. The molecule has 2 aromatic heterocycles. The molecule has 5 heteroatoms. The molecule has 90 valence electrons. The first-order chi connectivity index (χ1) is 8.10. The average Bonchev–Trinajstić information content (AvgIpc) is 2.87. The van der Waals surface area contributed by atoms with Gasteiger partial charge in [0.05, 0.1) is 23.5 Å². The summed E-state index contributed by atoms with van der Waals surface area (Å²) < 4.78 is 3.68. The molecule has 0 saturated heterocycles. The Balaban J connectivity index is 2.19. The van der Waals surface area contributed by atoms with Gasteiger partial charge in [-0.1, -0.05) is 6.92 Å². The van der Waals surface area contributed by atoms with E-state index in [9.17, 15) is 4.79 Å². The number of hydrogen-bond acceptors (Lipinski definition) is 2. The lowest BCUT2D eigenvalue weighted by Crippen LogP contribution is -2.04. The predicted molar refractivity (Wildman–Crippen MR) is 63.1 cm³/mol. The summed E-state index contributed by atoms with van der Waals surface area (Å²) in [5.74, 6) is -0.900. The van der Waals surface area contributed by atoms with Gasteiger partial charge in [-0.15, -0.1) is 0 Å². The topological polar surface area (TPSA) is 60.1 Å². The van der Waals surface area contributed by atoms with E-state index < -0.39 is 5.97 Å². The first-order valence-corrected chi connectivity index (χ1v) is 5.51. The summed E-state index contributed by atoms with van der Waals surface area (Å²) in [7, 11) is 1.90. The van der Waals surface area contributed by atoms with Gasteiger partial charge < -0.3 is 9.67 Å². The van der Waals surface area contributed by atoms with Crippen molar-refractivity contribution in [2.24, 2.45) is 7.05 Å². The van der Waals surface area contributed by atoms with Crippen molar-refractivity contribution in [1.29, 1.82) is 0 Å². The lowest BCUT2D eigenvalue weighted by Gasteiger charge is -2.02. The summed E-state index contributed by atoms with van der Waals surface area (Å²) in [6.45, 7) is 2.70. The molecule has 1 N–H and O–H groups in total. The summed E-state index contributed by atoms with van der Waals surface area (Å²) in [6, 6.07) is 3.64. The third-order valence-corrected chi connectivity index (χ3v) is 2.73. The number of carbonyl (C=O) groups is 1. The predicted octanol–water partition coefficient (Wildman–Crippen LogP) is 1.53. The summed E-state index contributed by atoms with van der Waals surface area (Å²) in [5, 5.41) is 13.2. The smallest absolute Gasteiger partial charge is 0.337 e. The van der Waals surface area contributed by atoms with Crippen LogP contribution in [0.3, 0.4) is 0 Å². The molecule has 0 aromatic carbocycles. The monoisotopic (exact) mass is 233 g/mol. The Hall–Kier alpha value is -2.04. The quantitative estimate of drug-likeness (QED) is 0.871. The molecule has 0 bridgehead atoms. The van der Waals surface area contributed by atoms with Gasteiger partial charge in [-0.25, -0.2) is 4.79 Å². The number of nitrogens with zero attached hydrogens (tertiary/aromatic N) is 3. The minimum atomic E-state index is -0.900. The summed E-state index contributed by atoms with van der Waals surface area (Å²) in [4.78, 5) is 10.8. The zero-order valence-electron chi connectivity index (χ0n) is 9.92. The molecule has 17 heavy (non-hydrogen) atoms. The Morgan fingerprint density at radius 2 is 2.29 bits per heavy atom. The third kappa shape index (κ3) is 2.38. The van der Waals surface area contributed by atoms with Gasteiger partial charge in [-0.2, -0.15) is 5.10 Å². The maximum atomic E-state index is 10.8. The number of aromatic nitrogens is 3. The van der Waals surface area contributed by atoms with Crippen LogP contribution in [0.25, 0.3) is 0 Å². The van der Waals surface area contributed by atoms with Crippen molar-refractivity contribution in [2.75, 3.05) is 0 Å². The van der Waals surface area contributed by atoms with E-state index in [0.29, 0.717) is 12.1 Å². The van der Waals surface area contributed by atoms with E-state index in [2.05, 4.69) is 12.0 Å². The fraction of sp³-hybridized carbons (Fsp3) is 0.333. The van der Waals surface area contributed by atoms with Crippen LogP contribution in [0, 0.1) is 0 Å². The SMILES string of the molecule is CCc1cc(Cn2ccc(C(=O)O)c2)n(C)n1. The van der Waals surface area contributed by atoms with E-state index in [1.54, 1.807) is 18.5 Å². The second kappa shape index (κ2) is 4.45. The van der Waals surface area contributed by atoms with Crippen LogP contribution in [0.4, 0.5) is 0 Å². The molecular weight excluding hydrogens is 218 g/mol. The Morgan fingerprint density at radius 3 is 2.82 bits per heavy atom. The highest BCUT2D eigenvalue weighted by atomic mass is 16.4. The second-order valence-electron chi connectivity index (χ2n) is 3.98. The maximum absolute atomic E-state index is 10.8. The number of hydrogen-bond donors (Lipinski definition) is 1. The van der Waals surface area contributed by atoms with Crippen LogP contribution in [0.1, 0.15) is 28.7 Å². The van der Waals surface area contributed by atoms with Crippen LogP contribution in [-0.4, -0.2) is 25.4 Å². The Labute approximate surface area is 99.3 Å². The zero-order chi connectivity index (χ0) is 12.4. The largest absolute Gasteiger partial charge is 0.478 e. The molecule has 0 spiro atoms. The summed E-state index contributed by atoms with van der Waals surface area (Å²) >= 11 is 0. The van der Waals surface area contributed by atoms with Gasteiger partial charge in [-0.05, 0) is 18.6 Å². The molecule has 5 nitrogen and oxygen atoms in total. The van der Waals surface area contributed by atoms with E-state index in [1.807, 2.05) is 22.4 Å².